The zero-order chi connectivity index (χ0) is 13.2. The van der Waals surface area contributed by atoms with Crippen LogP contribution in [0.4, 0.5) is 4.39 Å². The summed E-state index contributed by atoms with van der Waals surface area (Å²) in [5.74, 6) is 1.59. The summed E-state index contributed by atoms with van der Waals surface area (Å²) in [5, 5.41) is 3.41. The van der Waals surface area contributed by atoms with Gasteiger partial charge >= 0.3 is 0 Å². The average molecular weight is 259 g/mol. The molecule has 0 radical (unpaired) electrons. The summed E-state index contributed by atoms with van der Waals surface area (Å²) in [4.78, 5) is 7.87. The predicted molar refractivity (Wildman–Crippen MR) is 73.1 cm³/mol. The van der Waals surface area contributed by atoms with Crippen LogP contribution in [-0.4, -0.2) is 16.5 Å². The number of nitrogens with zero attached hydrogens (tertiary/aromatic N) is 1. The Morgan fingerprint density at radius 2 is 2.05 bits per heavy atom. The lowest BCUT2D eigenvalue weighted by Crippen LogP contribution is -2.16. The Bertz CT molecular complexity index is 555. The highest BCUT2D eigenvalue weighted by molar-refractivity contribution is 5.61. The summed E-state index contributed by atoms with van der Waals surface area (Å²) < 4.78 is 12.9. The molecule has 1 aromatic carbocycles. The number of nitrogens with one attached hydrogen (secondary N) is 2. The maximum atomic E-state index is 12.9. The van der Waals surface area contributed by atoms with Gasteiger partial charge in [-0.25, -0.2) is 9.37 Å². The van der Waals surface area contributed by atoms with Crippen molar-refractivity contribution in [1.29, 1.82) is 0 Å². The summed E-state index contributed by atoms with van der Waals surface area (Å²) in [6, 6.07) is 6.46. The van der Waals surface area contributed by atoms with Gasteiger partial charge in [0.05, 0.1) is 12.2 Å². The summed E-state index contributed by atoms with van der Waals surface area (Å²) in [7, 11) is 0. The van der Waals surface area contributed by atoms with Gasteiger partial charge in [-0.05, 0) is 56.5 Å². The molecule has 1 aromatic heterocycles. The molecule has 100 valence electrons. The Morgan fingerprint density at radius 3 is 2.74 bits per heavy atom. The van der Waals surface area contributed by atoms with Gasteiger partial charge in [-0.1, -0.05) is 0 Å². The molecule has 19 heavy (non-hydrogen) atoms. The van der Waals surface area contributed by atoms with Gasteiger partial charge in [0.1, 0.15) is 11.6 Å². The molecule has 1 saturated carbocycles. The predicted octanol–water partition coefficient (Wildman–Crippen LogP) is 3.02. The first-order chi connectivity index (χ1) is 9.22. The molecule has 0 unspecified atom stereocenters. The van der Waals surface area contributed by atoms with Crippen molar-refractivity contribution in [3.63, 3.8) is 0 Å². The fourth-order valence-electron chi connectivity index (χ4n) is 2.21. The second-order valence-electron chi connectivity index (χ2n) is 5.24. The standard InChI is InChI=1S/C15H18FN3/c1-10-15(12-4-6-13(16)7-5-12)19-14(18-10)9-17-8-11-2-3-11/h4-7,11,17H,2-3,8-9H2,1H3,(H,18,19). The molecule has 1 aliphatic carbocycles. The number of imidazole rings is 1. The molecule has 1 heterocycles. The molecular formula is C15H18FN3. The third-order valence-electron chi connectivity index (χ3n) is 3.47. The topological polar surface area (TPSA) is 40.7 Å². The second kappa shape index (κ2) is 5.13. The molecule has 2 N–H and O–H groups in total. The minimum absolute atomic E-state index is 0.219. The Balaban J connectivity index is 1.70. The normalized spacial score (nSPS) is 14.8. The van der Waals surface area contributed by atoms with E-state index in [0.29, 0.717) is 0 Å². The minimum atomic E-state index is -0.219. The van der Waals surface area contributed by atoms with Crippen LogP contribution in [0.25, 0.3) is 11.3 Å². The van der Waals surface area contributed by atoms with Gasteiger partial charge in [0.2, 0.25) is 0 Å². The molecule has 3 rings (SSSR count). The lowest BCUT2D eigenvalue weighted by atomic mass is 10.1. The quantitative estimate of drug-likeness (QED) is 0.866. The Labute approximate surface area is 112 Å². The van der Waals surface area contributed by atoms with E-state index in [9.17, 15) is 4.39 Å². The van der Waals surface area contributed by atoms with E-state index in [1.165, 1.54) is 25.0 Å². The van der Waals surface area contributed by atoms with E-state index < -0.39 is 0 Å². The lowest BCUT2D eigenvalue weighted by molar-refractivity contribution is 0.622. The number of aromatic amines is 1. The van der Waals surface area contributed by atoms with Crippen LogP contribution in [0.5, 0.6) is 0 Å². The molecule has 2 aromatic rings. The van der Waals surface area contributed by atoms with Crippen molar-refractivity contribution in [3.8, 4) is 11.3 Å². The lowest BCUT2D eigenvalue weighted by Gasteiger charge is -1.99. The minimum Gasteiger partial charge on any atom is -0.344 e. The zero-order valence-corrected chi connectivity index (χ0v) is 11.0. The highest BCUT2D eigenvalue weighted by Gasteiger charge is 2.20. The van der Waals surface area contributed by atoms with Crippen molar-refractivity contribution in [2.75, 3.05) is 6.54 Å². The summed E-state index contributed by atoms with van der Waals surface area (Å²) in [6.45, 7) is 3.83. The van der Waals surface area contributed by atoms with Gasteiger partial charge in [0, 0.05) is 11.3 Å². The second-order valence-corrected chi connectivity index (χ2v) is 5.24. The number of rotatable bonds is 5. The third kappa shape index (κ3) is 3.01. The van der Waals surface area contributed by atoms with Crippen LogP contribution in [0, 0.1) is 18.7 Å². The number of benzene rings is 1. The zero-order valence-electron chi connectivity index (χ0n) is 11.0. The van der Waals surface area contributed by atoms with E-state index in [-0.39, 0.29) is 5.82 Å². The van der Waals surface area contributed by atoms with E-state index in [2.05, 4.69) is 15.3 Å². The smallest absolute Gasteiger partial charge is 0.123 e. The SMILES string of the molecule is Cc1[nH]c(CNCC2CC2)nc1-c1ccc(F)cc1. The summed E-state index contributed by atoms with van der Waals surface area (Å²) >= 11 is 0. The Kier molecular flexibility index (Phi) is 3.34. The number of aryl methyl sites for hydroxylation is 1. The van der Waals surface area contributed by atoms with Crippen LogP contribution >= 0.6 is 0 Å². The van der Waals surface area contributed by atoms with Crippen LogP contribution < -0.4 is 5.32 Å². The number of halogens is 1. The Morgan fingerprint density at radius 1 is 1.32 bits per heavy atom. The summed E-state index contributed by atoms with van der Waals surface area (Å²) in [6.07, 6.45) is 2.70. The molecule has 1 fully saturated rings. The number of H-pyrrole nitrogens is 1. The number of aromatic nitrogens is 2. The number of hydrogen-bond acceptors (Lipinski definition) is 2. The van der Waals surface area contributed by atoms with Crippen molar-refractivity contribution in [2.24, 2.45) is 5.92 Å². The summed E-state index contributed by atoms with van der Waals surface area (Å²) in [5.41, 5.74) is 2.88. The molecule has 0 atom stereocenters. The third-order valence-corrected chi connectivity index (χ3v) is 3.47. The van der Waals surface area contributed by atoms with Crippen molar-refractivity contribution >= 4 is 0 Å². The van der Waals surface area contributed by atoms with Crippen molar-refractivity contribution in [1.82, 2.24) is 15.3 Å². The maximum absolute atomic E-state index is 12.9. The van der Waals surface area contributed by atoms with E-state index >= 15 is 0 Å². The van der Waals surface area contributed by atoms with Gasteiger partial charge in [0.25, 0.3) is 0 Å². The first-order valence-electron chi connectivity index (χ1n) is 6.74. The monoisotopic (exact) mass is 259 g/mol. The van der Waals surface area contributed by atoms with Gasteiger partial charge < -0.3 is 10.3 Å². The fraction of sp³-hybridized carbons (Fsp3) is 0.400. The van der Waals surface area contributed by atoms with Crippen LogP contribution in [0.15, 0.2) is 24.3 Å². The Hall–Kier alpha value is -1.68. The average Bonchev–Trinajstić information content (AvgIpc) is 3.14. The van der Waals surface area contributed by atoms with Crippen LogP contribution in [0.1, 0.15) is 24.4 Å². The highest BCUT2D eigenvalue weighted by Crippen LogP contribution is 2.27. The van der Waals surface area contributed by atoms with E-state index in [4.69, 9.17) is 0 Å². The first-order valence-corrected chi connectivity index (χ1v) is 6.74. The molecular weight excluding hydrogens is 241 g/mol. The van der Waals surface area contributed by atoms with Crippen LogP contribution in [-0.2, 0) is 6.54 Å². The largest absolute Gasteiger partial charge is 0.344 e. The molecule has 0 spiro atoms. The van der Waals surface area contributed by atoms with Crippen LogP contribution in [0.3, 0.4) is 0 Å². The molecule has 0 amide bonds. The van der Waals surface area contributed by atoms with E-state index in [0.717, 1.165) is 41.8 Å². The van der Waals surface area contributed by atoms with Gasteiger partial charge in [-0.2, -0.15) is 0 Å². The van der Waals surface area contributed by atoms with Crippen molar-refractivity contribution < 1.29 is 4.39 Å². The molecule has 0 aliphatic heterocycles. The fourth-order valence-corrected chi connectivity index (χ4v) is 2.21. The molecule has 3 nitrogen and oxygen atoms in total. The molecule has 0 saturated heterocycles. The van der Waals surface area contributed by atoms with E-state index in [1.54, 1.807) is 12.1 Å². The molecule has 0 bridgehead atoms. The van der Waals surface area contributed by atoms with Gasteiger partial charge in [-0.3, -0.25) is 0 Å². The maximum Gasteiger partial charge on any atom is 0.123 e. The van der Waals surface area contributed by atoms with Gasteiger partial charge in [0.15, 0.2) is 0 Å². The molecule has 1 aliphatic rings. The highest BCUT2D eigenvalue weighted by atomic mass is 19.1. The first kappa shape index (κ1) is 12.4. The van der Waals surface area contributed by atoms with E-state index in [1.807, 2.05) is 6.92 Å². The number of hydrogen-bond donors (Lipinski definition) is 2. The molecule has 4 heteroatoms. The van der Waals surface area contributed by atoms with Crippen molar-refractivity contribution in [2.45, 2.75) is 26.3 Å². The van der Waals surface area contributed by atoms with Crippen LogP contribution in [0.2, 0.25) is 0 Å². The van der Waals surface area contributed by atoms with Gasteiger partial charge in [-0.15, -0.1) is 0 Å². The van der Waals surface area contributed by atoms with Crippen molar-refractivity contribution in [3.05, 3.63) is 41.6 Å².